The van der Waals surface area contributed by atoms with Crippen molar-refractivity contribution in [1.29, 1.82) is 0 Å². The molecule has 1 aliphatic heterocycles. The van der Waals surface area contributed by atoms with Crippen LogP contribution in [0.5, 0.6) is 5.75 Å². The van der Waals surface area contributed by atoms with Gasteiger partial charge in [0.15, 0.2) is 0 Å². The fraction of sp³-hybridized carbons (Fsp3) is 0.320. The summed E-state index contributed by atoms with van der Waals surface area (Å²) >= 11 is 0. The number of carbonyl (C=O) groups is 2. The van der Waals surface area contributed by atoms with Crippen LogP contribution in [0.2, 0.25) is 0 Å². The number of nitrogens with zero attached hydrogens (tertiary/aromatic N) is 4. The molecule has 3 aromatic rings. The van der Waals surface area contributed by atoms with Gasteiger partial charge in [-0.25, -0.2) is 13.2 Å². The van der Waals surface area contributed by atoms with Gasteiger partial charge in [0.25, 0.3) is 10.0 Å². The SMILES string of the molecule is CCOC(=O)N1CCN(C(=O)CN(c2ccc(OC)cc2)S(=O)(=O)c2cccc3cnccc23)CC1. The summed E-state index contributed by atoms with van der Waals surface area (Å²) in [5, 5.41) is 1.19. The molecule has 36 heavy (non-hydrogen) atoms. The first kappa shape index (κ1) is 25.2. The predicted octanol–water partition coefficient (Wildman–Crippen LogP) is 2.74. The Labute approximate surface area is 210 Å². The molecular formula is C25H28N4O6S. The Bertz CT molecular complexity index is 1330. The fourth-order valence-electron chi connectivity index (χ4n) is 4.08. The molecule has 0 radical (unpaired) electrons. The van der Waals surface area contributed by atoms with Gasteiger partial charge < -0.3 is 19.3 Å². The van der Waals surface area contributed by atoms with E-state index in [1.165, 1.54) is 24.3 Å². The van der Waals surface area contributed by atoms with E-state index >= 15 is 0 Å². The minimum atomic E-state index is -4.13. The quantitative estimate of drug-likeness (QED) is 0.479. The number of hydrogen-bond acceptors (Lipinski definition) is 7. The number of carbonyl (C=O) groups excluding carboxylic acids is 2. The second kappa shape index (κ2) is 10.8. The number of pyridine rings is 1. The lowest BCUT2D eigenvalue weighted by Gasteiger charge is -2.35. The molecule has 0 spiro atoms. The molecule has 1 aromatic heterocycles. The van der Waals surface area contributed by atoms with Crippen molar-refractivity contribution < 1.29 is 27.5 Å². The van der Waals surface area contributed by atoms with Gasteiger partial charge >= 0.3 is 6.09 Å². The normalized spacial score (nSPS) is 13.9. The topological polar surface area (TPSA) is 109 Å². The maximum Gasteiger partial charge on any atom is 0.409 e. The Morgan fingerprint density at radius 3 is 2.36 bits per heavy atom. The molecule has 4 rings (SSSR count). The summed E-state index contributed by atoms with van der Waals surface area (Å²) in [6.45, 7) is 2.82. The molecule has 0 N–H and O–H groups in total. The highest BCUT2D eigenvalue weighted by atomic mass is 32.2. The van der Waals surface area contributed by atoms with Crippen LogP contribution in [0.4, 0.5) is 10.5 Å². The summed E-state index contributed by atoms with van der Waals surface area (Å²) < 4.78 is 39.3. The van der Waals surface area contributed by atoms with Crippen molar-refractivity contribution in [2.24, 2.45) is 0 Å². The summed E-state index contributed by atoms with van der Waals surface area (Å²) in [5.74, 6) is 0.202. The van der Waals surface area contributed by atoms with Crippen molar-refractivity contribution >= 4 is 38.5 Å². The van der Waals surface area contributed by atoms with E-state index in [2.05, 4.69) is 4.98 Å². The summed E-state index contributed by atoms with van der Waals surface area (Å²) in [6, 6.07) is 13.1. The molecule has 11 heteroatoms. The molecule has 0 aliphatic carbocycles. The molecule has 1 aliphatic rings. The molecule has 0 atom stereocenters. The second-order valence-corrected chi connectivity index (χ2v) is 9.96. The number of hydrogen-bond donors (Lipinski definition) is 0. The lowest BCUT2D eigenvalue weighted by atomic mass is 10.2. The van der Waals surface area contributed by atoms with Gasteiger partial charge in [0, 0.05) is 49.3 Å². The Morgan fingerprint density at radius 1 is 1.00 bits per heavy atom. The smallest absolute Gasteiger partial charge is 0.409 e. The first-order chi connectivity index (χ1) is 17.3. The number of aromatic nitrogens is 1. The predicted molar refractivity (Wildman–Crippen MR) is 134 cm³/mol. The average Bonchev–Trinajstić information content (AvgIpc) is 2.91. The first-order valence-electron chi connectivity index (χ1n) is 11.5. The monoisotopic (exact) mass is 512 g/mol. The number of benzene rings is 2. The highest BCUT2D eigenvalue weighted by Crippen LogP contribution is 2.30. The third kappa shape index (κ3) is 5.20. The molecule has 0 saturated carbocycles. The molecule has 1 fully saturated rings. The zero-order chi connectivity index (χ0) is 25.7. The van der Waals surface area contributed by atoms with Gasteiger partial charge in [-0.15, -0.1) is 0 Å². The number of amides is 2. The number of anilines is 1. The molecule has 190 valence electrons. The van der Waals surface area contributed by atoms with Crippen LogP contribution >= 0.6 is 0 Å². The highest BCUT2D eigenvalue weighted by Gasteiger charge is 2.32. The highest BCUT2D eigenvalue weighted by molar-refractivity contribution is 7.93. The van der Waals surface area contributed by atoms with Crippen LogP contribution in [0, 0.1) is 0 Å². The average molecular weight is 513 g/mol. The fourth-order valence-corrected chi connectivity index (χ4v) is 5.71. The molecule has 2 amide bonds. The largest absolute Gasteiger partial charge is 0.497 e. The van der Waals surface area contributed by atoms with Crippen LogP contribution < -0.4 is 9.04 Å². The van der Waals surface area contributed by atoms with E-state index in [-0.39, 0.29) is 30.5 Å². The van der Waals surface area contributed by atoms with Gasteiger partial charge in [0.05, 0.1) is 24.3 Å². The lowest BCUT2D eigenvalue weighted by molar-refractivity contribution is -0.131. The summed E-state index contributed by atoms with van der Waals surface area (Å²) in [4.78, 5) is 32.5. The van der Waals surface area contributed by atoms with Crippen molar-refractivity contribution in [3.05, 3.63) is 60.9 Å². The standard InChI is InChI=1S/C25H28N4O6S/c1-3-35-25(31)28-15-13-27(14-16-28)24(30)18-29(20-7-9-21(34-2)10-8-20)36(32,33)23-6-4-5-19-17-26-12-11-22(19)23/h4-12,17H,3,13-16,18H2,1-2H3. The second-order valence-electron chi connectivity index (χ2n) is 8.13. The maximum absolute atomic E-state index is 14.0. The molecule has 0 unspecified atom stereocenters. The third-order valence-electron chi connectivity index (χ3n) is 6.01. The van der Waals surface area contributed by atoms with Crippen LogP contribution in [-0.2, 0) is 19.6 Å². The number of methoxy groups -OCH3 is 1. The van der Waals surface area contributed by atoms with Gasteiger partial charge in [-0.05, 0) is 43.3 Å². The van der Waals surface area contributed by atoms with Gasteiger partial charge in [-0.2, -0.15) is 0 Å². The van der Waals surface area contributed by atoms with E-state index in [0.29, 0.717) is 35.3 Å². The number of piperazine rings is 1. The minimum Gasteiger partial charge on any atom is -0.497 e. The van der Waals surface area contributed by atoms with Crippen molar-refractivity contribution in [2.75, 3.05) is 50.7 Å². The molecule has 0 bridgehead atoms. The van der Waals surface area contributed by atoms with Crippen molar-refractivity contribution in [1.82, 2.24) is 14.8 Å². The molecule has 1 saturated heterocycles. The minimum absolute atomic E-state index is 0.0816. The van der Waals surface area contributed by atoms with Crippen LogP contribution in [0.3, 0.4) is 0 Å². The van der Waals surface area contributed by atoms with E-state index in [1.807, 2.05) is 0 Å². The number of ether oxygens (including phenoxy) is 2. The Morgan fingerprint density at radius 2 is 1.69 bits per heavy atom. The van der Waals surface area contributed by atoms with Gasteiger partial charge in [-0.3, -0.25) is 14.1 Å². The van der Waals surface area contributed by atoms with E-state index in [1.54, 1.807) is 60.5 Å². The van der Waals surface area contributed by atoms with E-state index in [0.717, 1.165) is 4.31 Å². The zero-order valence-electron chi connectivity index (χ0n) is 20.2. The van der Waals surface area contributed by atoms with Crippen molar-refractivity contribution in [3.8, 4) is 5.75 Å². The Hall–Kier alpha value is -3.86. The number of sulfonamides is 1. The summed E-state index contributed by atoms with van der Waals surface area (Å²) in [6.07, 6.45) is 2.71. The summed E-state index contributed by atoms with van der Waals surface area (Å²) in [5.41, 5.74) is 0.334. The van der Waals surface area contributed by atoms with Crippen molar-refractivity contribution in [3.63, 3.8) is 0 Å². The van der Waals surface area contributed by atoms with Crippen LogP contribution in [0.15, 0.2) is 65.8 Å². The van der Waals surface area contributed by atoms with E-state index in [4.69, 9.17) is 9.47 Å². The number of rotatable bonds is 7. The molecular weight excluding hydrogens is 484 g/mol. The molecule has 2 aromatic carbocycles. The van der Waals surface area contributed by atoms with Crippen LogP contribution in [0.1, 0.15) is 6.92 Å². The van der Waals surface area contributed by atoms with E-state index < -0.39 is 22.7 Å². The van der Waals surface area contributed by atoms with Gasteiger partial charge in [0.2, 0.25) is 5.91 Å². The van der Waals surface area contributed by atoms with E-state index in [9.17, 15) is 18.0 Å². The third-order valence-corrected chi connectivity index (χ3v) is 7.84. The Kier molecular flexibility index (Phi) is 7.58. The van der Waals surface area contributed by atoms with Gasteiger partial charge in [0.1, 0.15) is 12.3 Å². The van der Waals surface area contributed by atoms with Crippen LogP contribution in [-0.4, -0.2) is 81.6 Å². The first-order valence-corrected chi connectivity index (χ1v) is 13.0. The molecule has 10 nitrogen and oxygen atoms in total. The number of fused-ring (bicyclic) bond motifs is 1. The maximum atomic E-state index is 14.0. The van der Waals surface area contributed by atoms with Gasteiger partial charge in [-0.1, -0.05) is 12.1 Å². The van der Waals surface area contributed by atoms with Crippen LogP contribution in [0.25, 0.3) is 10.8 Å². The summed E-state index contributed by atoms with van der Waals surface area (Å²) in [7, 11) is -2.61. The Balaban J connectivity index is 1.63. The van der Waals surface area contributed by atoms with Crippen molar-refractivity contribution in [2.45, 2.75) is 11.8 Å². The lowest BCUT2D eigenvalue weighted by Crippen LogP contribution is -2.53. The molecule has 2 heterocycles. The zero-order valence-corrected chi connectivity index (χ0v) is 21.0.